The molecule has 0 heterocycles. The van der Waals surface area contributed by atoms with E-state index in [0.29, 0.717) is 29.5 Å². The molecular formula is C17H25NO3. The van der Waals surface area contributed by atoms with Crippen molar-refractivity contribution in [3.63, 3.8) is 0 Å². The first-order valence-corrected chi connectivity index (χ1v) is 7.73. The van der Waals surface area contributed by atoms with Crippen molar-refractivity contribution in [3.05, 3.63) is 23.8 Å². The van der Waals surface area contributed by atoms with E-state index < -0.39 is 0 Å². The Morgan fingerprint density at radius 2 is 1.95 bits per heavy atom. The maximum Gasteiger partial charge on any atom is 0.167 e. The van der Waals surface area contributed by atoms with Crippen molar-refractivity contribution in [2.24, 2.45) is 0 Å². The lowest BCUT2D eigenvalue weighted by Gasteiger charge is -2.22. The van der Waals surface area contributed by atoms with E-state index in [-0.39, 0.29) is 5.78 Å². The number of rotatable bonds is 7. The summed E-state index contributed by atoms with van der Waals surface area (Å²) < 4.78 is 10.4. The number of methoxy groups -OCH3 is 2. The normalized spacial score (nSPS) is 15.7. The average Bonchev–Trinajstić information content (AvgIpc) is 2.55. The summed E-state index contributed by atoms with van der Waals surface area (Å²) in [5.41, 5.74) is 0.628. The predicted molar refractivity (Wildman–Crippen MR) is 83.4 cm³/mol. The van der Waals surface area contributed by atoms with E-state index in [1.807, 2.05) is 0 Å². The Labute approximate surface area is 126 Å². The lowest BCUT2D eigenvalue weighted by atomic mass is 9.95. The molecule has 1 aliphatic rings. The van der Waals surface area contributed by atoms with Gasteiger partial charge in [-0.15, -0.1) is 0 Å². The molecule has 1 aliphatic carbocycles. The molecule has 0 spiro atoms. The number of benzene rings is 1. The molecular weight excluding hydrogens is 266 g/mol. The zero-order chi connectivity index (χ0) is 15.1. The van der Waals surface area contributed by atoms with Crippen molar-refractivity contribution in [3.8, 4) is 11.5 Å². The third-order valence-corrected chi connectivity index (χ3v) is 4.10. The zero-order valence-electron chi connectivity index (χ0n) is 13.0. The van der Waals surface area contributed by atoms with Crippen LogP contribution in [0.2, 0.25) is 0 Å². The molecule has 0 saturated heterocycles. The molecule has 1 saturated carbocycles. The Bertz CT molecular complexity index is 467. The Hall–Kier alpha value is -1.55. The first-order chi connectivity index (χ1) is 10.2. The van der Waals surface area contributed by atoms with Gasteiger partial charge in [0.2, 0.25) is 0 Å². The van der Waals surface area contributed by atoms with Crippen molar-refractivity contribution < 1.29 is 14.3 Å². The van der Waals surface area contributed by atoms with Gasteiger partial charge in [0.15, 0.2) is 5.78 Å². The van der Waals surface area contributed by atoms with Gasteiger partial charge in [-0.25, -0.2) is 0 Å². The maximum atomic E-state index is 12.3. The van der Waals surface area contributed by atoms with Crippen molar-refractivity contribution in [1.29, 1.82) is 0 Å². The minimum atomic E-state index is 0.109. The molecule has 0 aromatic heterocycles. The Morgan fingerprint density at radius 1 is 1.19 bits per heavy atom. The van der Waals surface area contributed by atoms with Gasteiger partial charge < -0.3 is 14.8 Å². The Kier molecular flexibility index (Phi) is 6.05. The van der Waals surface area contributed by atoms with Crippen molar-refractivity contribution in [2.75, 3.05) is 20.8 Å². The highest BCUT2D eigenvalue weighted by Crippen LogP contribution is 2.25. The molecule has 1 aromatic carbocycles. The van der Waals surface area contributed by atoms with Gasteiger partial charge in [-0.3, -0.25) is 4.79 Å². The second-order valence-corrected chi connectivity index (χ2v) is 5.53. The highest BCUT2D eigenvalue weighted by molar-refractivity contribution is 5.99. The standard InChI is InChI=1S/C17H25NO3/c1-20-14-8-9-15(17(12-14)21-2)16(19)10-11-18-13-6-4-3-5-7-13/h8-9,12-13,18H,3-7,10-11H2,1-2H3. The van der Waals surface area contributed by atoms with Crippen LogP contribution >= 0.6 is 0 Å². The number of hydrogen-bond donors (Lipinski definition) is 1. The van der Waals surface area contributed by atoms with E-state index in [9.17, 15) is 4.79 Å². The number of carbonyl (C=O) groups is 1. The lowest BCUT2D eigenvalue weighted by Crippen LogP contribution is -2.32. The number of ether oxygens (including phenoxy) is 2. The third-order valence-electron chi connectivity index (χ3n) is 4.10. The topological polar surface area (TPSA) is 47.6 Å². The minimum Gasteiger partial charge on any atom is -0.497 e. The summed E-state index contributed by atoms with van der Waals surface area (Å²) in [4.78, 5) is 12.3. The van der Waals surface area contributed by atoms with Crippen LogP contribution in [0.15, 0.2) is 18.2 Å². The molecule has 0 bridgehead atoms. The molecule has 21 heavy (non-hydrogen) atoms. The first kappa shape index (κ1) is 15.8. The van der Waals surface area contributed by atoms with Crippen LogP contribution in [0.3, 0.4) is 0 Å². The zero-order valence-corrected chi connectivity index (χ0v) is 13.0. The van der Waals surface area contributed by atoms with E-state index in [2.05, 4.69) is 5.32 Å². The van der Waals surface area contributed by atoms with Gasteiger partial charge in [0.1, 0.15) is 11.5 Å². The molecule has 0 unspecified atom stereocenters. The summed E-state index contributed by atoms with van der Waals surface area (Å²) in [6, 6.07) is 5.91. The summed E-state index contributed by atoms with van der Waals surface area (Å²) in [5, 5.41) is 3.50. The van der Waals surface area contributed by atoms with Gasteiger partial charge in [-0.2, -0.15) is 0 Å². The summed E-state index contributed by atoms with van der Waals surface area (Å²) in [7, 11) is 3.18. The van der Waals surface area contributed by atoms with E-state index in [0.717, 1.165) is 6.54 Å². The summed E-state index contributed by atoms with van der Waals surface area (Å²) in [6.07, 6.45) is 6.93. The molecule has 0 radical (unpaired) electrons. The SMILES string of the molecule is COc1ccc(C(=O)CCNC2CCCCC2)c(OC)c1. The first-order valence-electron chi connectivity index (χ1n) is 7.73. The second kappa shape index (κ2) is 8.03. The van der Waals surface area contributed by atoms with Crippen LogP contribution in [0.5, 0.6) is 11.5 Å². The number of carbonyl (C=O) groups excluding carboxylic acids is 1. The molecule has 0 atom stereocenters. The van der Waals surface area contributed by atoms with Gasteiger partial charge in [0.05, 0.1) is 19.8 Å². The van der Waals surface area contributed by atoms with Gasteiger partial charge >= 0.3 is 0 Å². The molecule has 0 aliphatic heterocycles. The summed E-state index contributed by atoms with van der Waals surface area (Å²) >= 11 is 0. The highest BCUT2D eigenvalue weighted by atomic mass is 16.5. The Balaban J connectivity index is 1.87. The van der Waals surface area contributed by atoms with E-state index >= 15 is 0 Å². The maximum absolute atomic E-state index is 12.3. The Morgan fingerprint density at radius 3 is 2.62 bits per heavy atom. The van der Waals surface area contributed by atoms with Crippen molar-refractivity contribution in [1.82, 2.24) is 5.32 Å². The fourth-order valence-corrected chi connectivity index (χ4v) is 2.86. The van der Waals surface area contributed by atoms with E-state index in [4.69, 9.17) is 9.47 Å². The van der Waals surface area contributed by atoms with Crippen molar-refractivity contribution in [2.45, 2.75) is 44.6 Å². The molecule has 4 heteroatoms. The van der Waals surface area contributed by atoms with Crippen LogP contribution in [0, 0.1) is 0 Å². The molecule has 1 fully saturated rings. The fraction of sp³-hybridized carbons (Fsp3) is 0.588. The number of ketones is 1. The van der Waals surface area contributed by atoms with E-state index in [1.54, 1.807) is 32.4 Å². The second-order valence-electron chi connectivity index (χ2n) is 5.53. The van der Waals surface area contributed by atoms with Gasteiger partial charge in [-0.1, -0.05) is 19.3 Å². The molecule has 2 rings (SSSR count). The fourth-order valence-electron chi connectivity index (χ4n) is 2.86. The van der Waals surface area contributed by atoms with Gasteiger partial charge in [0, 0.05) is 25.1 Å². The number of Topliss-reactive ketones (excluding diaryl/α,β-unsaturated/α-hetero) is 1. The minimum absolute atomic E-state index is 0.109. The largest absolute Gasteiger partial charge is 0.497 e. The number of hydrogen-bond acceptors (Lipinski definition) is 4. The summed E-state index contributed by atoms with van der Waals surface area (Å²) in [6.45, 7) is 0.735. The molecule has 116 valence electrons. The van der Waals surface area contributed by atoms with E-state index in [1.165, 1.54) is 32.1 Å². The average molecular weight is 291 g/mol. The molecule has 0 amide bonds. The lowest BCUT2D eigenvalue weighted by molar-refractivity contribution is 0.0978. The quantitative estimate of drug-likeness (QED) is 0.784. The number of nitrogens with one attached hydrogen (secondary N) is 1. The van der Waals surface area contributed by atoms with Crippen LogP contribution in [0.4, 0.5) is 0 Å². The molecule has 1 aromatic rings. The van der Waals surface area contributed by atoms with Crippen LogP contribution in [0.1, 0.15) is 48.9 Å². The van der Waals surface area contributed by atoms with Gasteiger partial charge in [-0.05, 0) is 25.0 Å². The monoisotopic (exact) mass is 291 g/mol. The van der Waals surface area contributed by atoms with Crippen LogP contribution in [-0.2, 0) is 0 Å². The predicted octanol–water partition coefficient (Wildman–Crippen LogP) is 3.20. The summed E-state index contributed by atoms with van der Waals surface area (Å²) in [5.74, 6) is 1.39. The molecule has 4 nitrogen and oxygen atoms in total. The van der Waals surface area contributed by atoms with Gasteiger partial charge in [0.25, 0.3) is 0 Å². The van der Waals surface area contributed by atoms with Crippen LogP contribution < -0.4 is 14.8 Å². The third kappa shape index (κ3) is 4.46. The highest BCUT2D eigenvalue weighted by Gasteiger charge is 2.15. The van der Waals surface area contributed by atoms with Crippen LogP contribution in [-0.4, -0.2) is 32.6 Å². The van der Waals surface area contributed by atoms with Crippen molar-refractivity contribution >= 4 is 5.78 Å². The smallest absolute Gasteiger partial charge is 0.167 e. The molecule has 1 N–H and O–H groups in total. The van der Waals surface area contributed by atoms with Crippen LogP contribution in [0.25, 0.3) is 0 Å².